The number of anilines is 1. The van der Waals surface area contributed by atoms with Crippen LogP contribution in [0.1, 0.15) is 22.3 Å². The van der Waals surface area contributed by atoms with Crippen LogP contribution in [0.15, 0.2) is 64.6 Å². The van der Waals surface area contributed by atoms with Crippen molar-refractivity contribution in [2.24, 2.45) is 0 Å². The number of carbonyl (C=O) groups excluding carboxylic acids is 3. The predicted octanol–water partition coefficient (Wildman–Crippen LogP) is 6.57. The van der Waals surface area contributed by atoms with Crippen LogP contribution in [0.25, 0.3) is 6.08 Å². The lowest BCUT2D eigenvalue weighted by molar-refractivity contribution is -0.122. The molecular formula is C26H19BrClIN2O4. The number of benzene rings is 3. The molecule has 1 N–H and O–H groups in total. The fourth-order valence-electron chi connectivity index (χ4n) is 3.70. The zero-order valence-corrected chi connectivity index (χ0v) is 23.2. The minimum atomic E-state index is -0.777. The molecule has 0 spiro atoms. The van der Waals surface area contributed by atoms with Crippen LogP contribution in [0.3, 0.4) is 0 Å². The Morgan fingerprint density at radius 1 is 1.06 bits per heavy atom. The third-order valence-electron chi connectivity index (χ3n) is 5.23. The average Bonchev–Trinajstić information content (AvgIpc) is 2.76. The number of hydrogen-bond donors (Lipinski definition) is 1. The number of ether oxygens (including phenoxy) is 1. The third kappa shape index (κ3) is 5.60. The second-order valence-corrected chi connectivity index (χ2v) is 10.4. The van der Waals surface area contributed by atoms with Crippen molar-refractivity contribution in [2.45, 2.75) is 20.5 Å². The van der Waals surface area contributed by atoms with Crippen molar-refractivity contribution in [1.82, 2.24) is 5.32 Å². The van der Waals surface area contributed by atoms with E-state index in [1.165, 1.54) is 6.08 Å². The molecule has 4 rings (SSSR count). The number of nitrogens with one attached hydrogen (secondary N) is 1. The predicted molar refractivity (Wildman–Crippen MR) is 148 cm³/mol. The average molecular weight is 666 g/mol. The van der Waals surface area contributed by atoms with Gasteiger partial charge in [0.05, 0.1) is 13.7 Å². The lowest BCUT2D eigenvalue weighted by Crippen LogP contribution is -2.54. The van der Waals surface area contributed by atoms with Gasteiger partial charge in [0.2, 0.25) is 0 Å². The third-order valence-corrected chi connectivity index (χ3v) is 6.99. The number of aryl methyl sites for hydroxylation is 2. The summed E-state index contributed by atoms with van der Waals surface area (Å²) in [5, 5.41) is 2.88. The molecule has 4 amide bonds. The Morgan fingerprint density at radius 2 is 1.74 bits per heavy atom. The van der Waals surface area contributed by atoms with Gasteiger partial charge in [0, 0.05) is 10.6 Å². The molecule has 1 fully saturated rings. The van der Waals surface area contributed by atoms with E-state index in [9.17, 15) is 14.4 Å². The summed E-state index contributed by atoms with van der Waals surface area (Å²) in [6, 6.07) is 15.6. The van der Waals surface area contributed by atoms with Gasteiger partial charge in [0.25, 0.3) is 11.8 Å². The maximum Gasteiger partial charge on any atom is 0.335 e. The first kappa shape index (κ1) is 25.4. The number of rotatable bonds is 5. The molecule has 35 heavy (non-hydrogen) atoms. The Hall–Kier alpha value is -2.69. The van der Waals surface area contributed by atoms with E-state index < -0.39 is 17.8 Å². The number of hydrogen-bond acceptors (Lipinski definition) is 4. The number of nitrogens with zero attached hydrogens (tertiary/aromatic N) is 1. The molecule has 0 atom stereocenters. The van der Waals surface area contributed by atoms with Crippen molar-refractivity contribution in [3.8, 4) is 5.75 Å². The first-order valence-electron chi connectivity index (χ1n) is 10.5. The summed E-state index contributed by atoms with van der Waals surface area (Å²) in [4.78, 5) is 39.3. The molecule has 6 nitrogen and oxygen atoms in total. The zero-order valence-electron chi connectivity index (χ0n) is 18.7. The zero-order chi connectivity index (χ0) is 25.3. The first-order chi connectivity index (χ1) is 16.6. The highest BCUT2D eigenvalue weighted by molar-refractivity contribution is 14.1. The minimum absolute atomic E-state index is 0.142. The molecule has 0 bridgehead atoms. The summed E-state index contributed by atoms with van der Waals surface area (Å²) in [5.41, 5.74) is 3.50. The molecular weight excluding hydrogens is 647 g/mol. The van der Waals surface area contributed by atoms with Gasteiger partial charge in [0.15, 0.2) is 0 Å². The highest BCUT2D eigenvalue weighted by Gasteiger charge is 2.37. The second-order valence-electron chi connectivity index (χ2n) is 8.00. The number of urea groups is 1. The Kier molecular flexibility index (Phi) is 7.63. The molecule has 1 heterocycles. The van der Waals surface area contributed by atoms with Gasteiger partial charge in [-0.2, -0.15) is 0 Å². The minimum Gasteiger partial charge on any atom is -0.487 e. The van der Waals surface area contributed by atoms with E-state index in [-0.39, 0.29) is 12.2 Å². The Bertz CT molecular complexity index is 1360. The van der Waals surface area contributed by atoms with Crippen molar-refractivity contribution >= 4 is 79.7 Å². The summed E-state index contributed by atoms with van der Waals surface area (Å²) < 4.78 is 7.39. The standard InChI is InChI=1S/C26H19BrClIN2O4/c1-14-7-15(2)9-18(8-14)31-25(33)19(24(32)30-26(31)34)10-16-11-20(27)23(22(29)12-16)35-13-17-5-3-4-6-21(17)28/h3-12H,13H2,1-2H3,(H,30,32,34)/b19-10+. The molecule has 1 aliphatic heterocycles. The van der Waals surface area contributed by atoms with Crippen molar-refractivity contribution in [3.63, 3.8) is 0 Å². The molecule has 0 radical (unpaired) electrons. The smallest absolute Gasteiger partial charge is 0.335 e. The molecule has 0 unspecified atom stereocenters. The fraction of sp³-hybridized carbons (Fsp3) is 0.115. The van der Waals surface area contributed by atoms with Gasteiger partial charge in [-0.05, 0) is 105 Å². The largest absolute Gasteiger partial charge is 0.487 e. The van der Waals surface area contributed by atoms with Crippen molar-refractivity contribution in [1.29, 1.82) is 0 Å². The highest BCUT2D eigenvalue weighted by atomic mass is 127. The van der Waals surface area contributed by atoms with E-state index in [0.717, 1.165) is 25.2 Å². The Labute approximate surface area is 229 Å². The maximum absolute atomic E-state index is 13.2. The summed E-state index contributed by atoms with van der Waals surface area (Å²) in [6.07, 6.45) is 1.46. The van der Waals surface area contributed by atoms with Gasteiger partial charge in [-0.25, -0.2) is 9.69 Å². The molecule has 0 aromatic heterocycles. The van der Waals surface area contributed by atoms with E-state index in [2.05, 4.69) is 43.8 Å². The maximum atomic E-state index is 13.2. The first-order valence-corrected chi connectivity index (χ1v) is 12.7. The Balaban J connectivity index is 1.63. The van der Waals surface area contributed by atoms with E-state index >= 15 is 0 Å². The van der Waals surface area contributed by atoms with Crippen LogP contribution in [0, 0.1) is 17.4 Å². The van der Waals surface area contributed by atoms with E-state index in [1.807, 2.05) is 38.1 Å². The van der Waals surface area contributed by atoms with Crippen LogP contribution in [-0.2, 0) is 16.2 Å². The van der Waals surface area contributed by atoms with Gasteiger partial charge in [-0.15, -0.1) is 0 Å². The number of imide groups is 2. The molecule has 0 saturated carbocycles. The van der Waals surface area contributed by atoms with Crippen LogP contribution in [0.2, 0.25) is 5.02 Å². The van der Waals surface area contributed by atoms with Gasteiger partial charge < -0.3 is 4.74 Å². The lowest BCUT2D eigenvalue weighted by Gasteiger charge is -2.27. The van der Waals surface area contributed by atoms with E-state index in [4.69, 9.17) is 16.3 Å². The van der Waals surface area contributed by atoms with E-state index in [1.54, 1.807) is 30.3 Å². The molecule has 178 valence electrons. The topological polar surface area (TPSA) is 75.7 Å². The summed E-state index contributed by atoms with van der Waals surface area (Å²) in [5.74, 6) is -0.820. The monoisotopic (exact) mass is 664 g/mol. The SMILES string of the molecule is Cc1cc(C)cc(N2C(=O)NC(=O)/C(=C\c3cc(Br)c(OCc4ccccc4Cl)c(I)c3)C2=O)c1. The molecule has 3 aromatic rings. The Morgan fingerprint density at radius 3 is 2.40 bits per heavy atom. The second kappa shape index (κ2) is 10.5. The van der Waals surface area contributed by atoms with Crippen LogP contribution in [0.5, 0.6) is 5.75 Å². The molecule has 3 aromatic carbocycles. The van der Waals surface area contributed by atoms with Gasteiger partial charge in [-0.3, -0.25) is 14.9 Å². The number of amides is 4. The molecule has 1 aliphatic rings. The van der Waals surface area contributed by atoms with Gasteiger partial charge in [-0.1, -0.05) is 35.9 Å². The summed E-state index contributed by atoms with van der Waals surface area (Å²) in [6.45, 7) is 4.03. The van der Waals surface area contributed by atoms with Crippen LogP contribution < -0.4 is 15.0 Å². The van der Waals surface area contributed by atoms with Crippen LogP contribution in [0.4, 0.5) is 10.5 Å². The molecule has 0 aliphatic carbocycles. The summed E-state index contributed by atoms with van der Waals surface area (Å²) >= 11 is 11.9. The fourth-order valence-corrected chi connectivity index (χ4v) is 5.66. The van der Waals surface area contributed by atoms with Crippen LogP contribution >= 0.6 is 50.1 Å². The van der Waals surface area contributed by atoms with Crippen molar-refractivity contribution < 1.29 is 19.1 Å². The molecule has 1 saturated heterocycles. The van der Waals surface area contributed by atoms with E-state index in [0.29, 0.717) is 26.5 Å². The number of halogens is 3. The van der Waals surface area contributed by atoms with Crippen LogP contribution in [-0.4, -0.2) is 17.8 Å². The highest BCUT2D eigenvalue weighted by Crippen LogP contribution is 2.34. The van der Waals surface area contributed by atoms with Crippen molar-refractivity contribution in [3.05, 3.63) is 95.5 Å². The van der Waals surface area contributed by atoms with Gasteiger partial charge >= 0.3 is 6.03 Å². The lowest BCUT2D eigenvalue weighted by atomic mass is 10.1. The quantitative estimate of drug-likeness (QED) is 0.190. The molecule has 9 heteroatoms. The normalized spacial score (nSPS) is 14.9. The number of carbonyl (C=O) groups is 3. The number of barbiturate groups is 1. The summed E-state index contributed by atoms with van der Waals surface area (Å²) in [7, 11) is 0. The van der Waals surface area contributed by atoms with Gasteiger partial charge in [0.1, 0.15) is 17.9 Å². The van der Waals surface area contributed by atoms with Crippen molar-refractivity contribution in [2.75, 3.05) is 4.90 Å².